The molecule has 0 aromatic carbocycles. The molecule has 0 aliphatic heterocycles. The molecule has 4 atom stereocenters. The number of amides is 3. The van der Waals surface area contributed by atoms with Gasteiger partial charge in [-0.3, -0.25) is 14.4 Å². The molecule has 10 nitrogen and oxygen atoms in total. The summed E-state index contributed by atoms with van der Waals surface area (Å²) in [5, 5.41) is 25.5. The molecule has 0 bridgehead atoms. The van der Waals surface area contributed by atoms with Crippen molar-refractivity contribution in [2.75, 3.05) is 24.4 Å². The second-order valence-corrected chi connectivity index (χ2v) is 7.79. The highest BCUT2D eigenvalue weighted by molar-refractivity contribution is 7.98. The van der Waals surface area contributed by atoms with E-state index in [1.807, 2.05) is 6.26 Å². The zero-order chi connectivity index (χ0) is 21.9. The van der Waals surface area contributed by atoms with Crippen LogP contribution >= 0.6 is 24.4 Å². The second kappa shape index (κ2) is 13.6. The minimum absolute atomic E-state index is 0.130. The smallest absolute Gasteiger partial charge is 0.327 e. The summed E-state index contributed by atoms with van der Waals surface area (Å²) in [6.07, 6.45) is 2.13. The maximum atomic E-state index is 12.5. The van der Waals surface area contributed by atoms with Crippen molar-refractivity contribution >= 4 is 48.1 Å². The van der Waals surface area contributed by atoms with Crippen LogP contribution in [0.15, 0.2) is 0 Å². The van der Waals surface area contributed by atoms with Gasteiger partial charge in [-0.15, -0.1) is 0 Å². The molecule has 0 aliphatic carbocycles. The number of carboxylic acids is 1. The summed E-state index contributed by atoms with van der Waals surface area (Å²) in [7, 11) is 0. The molecule has 12 heteroatoms. The Morgan fingerprint density at radius 3 is 1.93 bits per heavy atom. The largest absolute Gasteiger partial charge is 0.480 e. The van der Waals surface area contributed by atoms with Crippen molar-refractivity contribution in [2.24, 2.45) is 11.7 Å². The van der Waals surface area contributed by atoms with E-state index < -0.39 is 54.5 Å². The van der Waals surface area contributed by atoms with Crippen molar-refractivity contribution in [3.63, 3.8) is 0 Å². The summed E-state index contributed by atoms with van der Waals surface area (Å²) in [4.78, 5) is 47.9. The van der Waals surface area contributed by atoms with Crippen molar-refractivity contribution in [1.82, 2.24) is 16.0 Å². The first-order chi connectivity index (χ1) is 13.1. The zero-order valence-electron chi connectivity index (χ0n) is 16.2. The Kier molecular flexibility index (Phi) is 12.9. The van der Waals surface area contributed by atoms with Gasteiger partial charge in [0, 0.05) is 5.75 Å². The van der Waals surface area contributed by atoms with Crippen LogP contribution in [0.5, 0.6) is 0 Å². The molecule has 0 aliphatic rings. The van der Waals surface area contributed by atoms with Gasteiger partial charge in [0.25, 0.3) is 0 Å². The molecule has 0 aromatic rings. The Labute approximate surface area is 174 Å². The first-order valence-electron chi connectivity index (χ1n) is 8.69. The molecule has 0 saturated carbocycles. The molecule has 0 spiro atoms. The van der Waals surface area contributed by atoms with Crippen LogP contribution in [0.3, 0.4) is 0 Å². The fourth-order valence-corrected chi connectivity index (χ4v) is 2.72. The molecule has 0 heterocycles. The van der Waals surface area contributed by atoms with Crippen LogP contribution in [0.1, 0.15) is 20.3 Å². The molecule has 3 amide bonds. The minimum atomic E-state index is -1.37. The number of aliphatic hydroxyl groups is 1. The van der Waals surface area contributed by atoms with Crippen molar-refractivity contribution in [3.05, 3.63) is 0 Å². The first-order valence-corrected chi connectivity index (χ1v) is 10.7. The van der Waals surface area contributed by atoms with E-state index in [0.717, 1.165) is 0 Å². The minimum Gasteiger partial charge on any atom is -0.480 e. The second-order valence-electron chi connectivity index (χ2n) is 6.44. The van der Waals surface area contributed by atoms with E-state index in [1.54, 1.807) is 13.8 Å². The number of aliphatic hydroxyl groups excluding tert-OH is 1. The van der Waals surface area contributed by atoms with E-state index in [9.17, 15) is 24.3 Å². The van der Waals surface area contributed by atoms with Gasteiger partial charge in [-0.1, -0.05) is 13.8 Å². The number of aliphatic carboxylic acids is 1. The number of rotatable bonds is 13. The summed E-state index contributed by atoms with van der Waals surface area (Å²) < 4.78 is 0. The quantitative estimate of drug-likeness (QED) is 0.165. The monoisotopic (exact) mass is 438 g/mol. The molecule has 0 fully saturated rings. The Morgan fingerprint density at radius 1 is 1.00 bits per heavy atom. The SMILES string of the molecule is CSCCC(NC(=O)C(N)C(C)C)C(=O)NC(CO)C(=O)NC(CS)C(=O)O. The Morgan fingerprint density at radius 2 is 1.50 bits per heavy atom. The summed E-state index contributed by atoms with van der Waals surface area (Å²) in [6.45, 7) is 2.80. The van der Waals surface area contributed by atoms with Gasteiger partial charge in [0.1, 0.15) is 18.1 Å². The highest BCUT2D eigenvalue weighted by atomic mass is 32.2. The molecule has 7 N–H and O–H groups in total. The summed E-state index contributed by atoms with van der Waals surface area (Å²) in [5.41, 5.74) is 5.80. The Bertz CT molecular complexity index is 549. The van der Waals surface area contributed by atoms with Gasteiger partial charge >= 0.3 is 5.97 Å². The van der Waals surface area contributed by atoms with Gasteiger partial charge in [0.2, 0.25) is 17.7 Å². The molecule has 0 saturated heterocycles. The standard InChI is InChI=1S/C16H30N4O6S2/c1-8(2)12(17)15(24)18-9(4-5-28-3)13(22)19-10(6-21)14(23)20-11(7-27)16(25)26/h8-12,21,27H,4-7,17H2,1-3H3,(H,18,24)(H,19,22)(H,20,23)(H,25,26). The fraction of sp³-hybridized carbons (Fsp3) is 0.750. The Balaban J connectivity index is 5.11. The molecular formula is C16H30N4O6S2. The predicted octanol–water partition coefficient (Wildman–Crippen LogP) is -1.82. The van der Waals surface area contributed by atoms with Gasteiger partial charge in [-0.25, -0.2) is 4.79 Å². The molecule has 0 radical (unpaired) electrons. The van der Waals surface area contributed by atoms with Crippen LogP contribution in [0.2, 0.25) is 0 Å². The third-order valence-electron chi connectivity index (χ3n) is 3.88. The van der Waals surface area contributed by atoms with Gasteiger partial charge in [0.15, 0.2) is 0 Å². The van der Waals surface area contributed by atoms with Crippen molar-refractivity contribution < 1.29 is 29.4 Å². The third-order valence-corrected chi connectivity index (χ3v) is 4.89. The normalized spacial score (nSPS) is 15.2. The lowest BCUT2D eigenvalue weighted by Crippen LogP contribution is -2.58. The van der Waals surface area contributed by atoms with Crippen LogP contribution in [0, 0.1) is 5.92 Å². The van der Waals surface area contributed by atoms with E-state index in [2.05, 4.69) is 28.6 Å². The van der Waals surface area contributed by atoms with E-state index >= 15 is 0 Å². The third kappa shape index (κ3) is 9.13. The number of thiol groups is 1. The average Bonchev–Trinajstić information content (AvgIpc) is 2.65. The number of nitrogens with two attached hydrogens (primary N) is 1. The maximum absolute atomic E-state index is 12.5. The number of carboxylic acid groups (broad SMARTS) is 1. The number of thioether (sulfide) groups is 1. The number of nitrogens with one attached hydrogen (secondary N) is 3. The molecular weight excluding hydrogens is 408 g/mol. The van der Waals surface area contributed by atoms with Gasteiger partial charge in [-0.2, -0.15) is 24.4 Å². The van der Waals surface area contributed by atoms with Crippen molar-refractivity contribution in [1.29, 1.82) is 0 Å². The Hall–Kier alpha value is -1.50. The zero-order valence-corrected chi connectivity index (χ0v) is 17.9. The maximum Gasteiger partial charge on any atom is 0.327 e. The summed E-state index contributed by atoms with van der Waals surface area (Å²) in [6, 6.07) is -4.39. The highest BCUT2D eigenvalue weighted by Crippen LogP contribution is 2.05. The van der Waals surface area contributed by atoms with Crippen LogP contribution in [0.4, 0.5) is 0 Å². The van der Waals surface area contributed by atoms with Crippen LogP contribution in [0.25, 0.3) is 0 Å². The molecule has 162 valence electrons. The van der Waals surface area contributed by atoms with Gasteiger partial charge in [0.05, 0.1) is 12.6 Å². The molecule has 0 rings (SSSR count). The van der Waals surface area contributed by atoms with Crippen LogP contribution in [-0.4, -0.2) is 82.4 Å². The van der Waals surface area contributed by atoms with Gasteiger partial charge in [-0.05, 0) is 24.3 Å². The van der Waals surface area contributed by atoms with Gasteiger partial charge < -0.3 is 31.9 Å². The highest BCUT2D eigenvalue weighted by Gasteiger charge is 2.29. The van der Waals surface area contributed by atoms with Crippen molar-refractivity contribution in [3.8, 4) is 0 Å². The number of carbonyl (C=O) groups excluding carboxylic acids is 3. The fourth-order valence-electron chi connectivity index (χ4n) is 2.00. The number of hydrogen-bond acceptors (Lipinski definition) is 8. The lowest BCUT2D eigenvalue weighted by Gasteiger charge is -2.24. The average molecular weight is 439 g/mol. The topological polar surface area (TPSA) is 171 Å². The van der Waals surface area contributed by atoms with Crippen LogP contribution in [-0.2, 0) is 19.2 Å². The van der Waals surface area contributed by atoms with Crippen LogP contribution < -0.4 is 21.7 Å². The predicted molar refractivity (Wildman–Crippen MR) is 110 cm³/mol. The number of hydrogen-bond donors (Lipinski definition) is 7. The van der Waals surface area contributed by atoms with E-state index in [1.165, 1.54) is 11.8 Å². The summed E-state index contributed by atoms with van der Waals surface area (Å²) >= 11 is 5.30. The number of carbonyl (C=O) groups is 4. The summed E-state index contributed by atoms with van der Waals surface area (Å²) in [5.74, 6) is -3.06. The lowest BCUT2D eigenvalue weighted by atomic mass is 10.0. The lowest BCUT2D eigenvalue weighted by molar-refractivity contribution is -0.142. The molecule has 28 heavy (non-hydrogen) atoms. The van der Waals surface area contributed by atoms with E-state index in [4.69, 9.17) is 10.8 Å². The van der Waals surface area contributed by atoms with E-state index in [0.29, 0.717) is 5.75 Å². The molecule has 0 aromatic heterocycles. The van der Waals surface area contributed by atoms with E-state index in [-0.39, 0.29) is 18.1 Å². The first kappa shape index (κ1) is 26.5. The van der Waals surface area contributed by atoms with Crippen molar-refractivity contribution in [2.45, 2.75) is 44.4 Å². The molecule has 4 unspecified atom stereocenters.